The molecule has 0 atom stereocenters. The topological polar surface area (TPSA) is 49.6 Å². The lowest BCUT2D eigenvalue weighted by Crippen LogP contribution is -2.54. The van der Waals surface area contributed by atoms with E-state index in [2.05, 4.69) is 4.90 Å². The van der Waals surface area contributed by atoms with Gasteiger partial charge in [-0.15, -0.1) is 24.8 Å². The normalized spacial score (nSPS) is 14.7. The summed E-state index contributed by atoms with van der Waals surface area (Å²) in [5, 5.41) is 0. The summed E-state index contributed by atoms with van der Waals surface area (Å²) in [6.07, 6.45) is 1.55. The number of nitrogens with two attached hydrogens (primary N) is 1. The highest BCUT2D eigenvalue weighted by molar-refractivity contribution is 5.85. The van der Waals surface area contributed by atoms with Gasteiger partial charge >= 0.3 is 0 Å². The first-order valence-corrected chi connectivity index (χ1v) is 8.06. The van der Waals surface area contributed by atoms with Gasteiger partial charge in [0.1, 0.15) is 5.82 Å². The summed E-state index contributed by atoms with van der Waals surface area (Å²) >= 11 is 0. The molecular weight excluding hydrogens is 352 g/mol. The summed E-state index contributed by atoms with van der Waals surface area (Å²) in [5.74, 6) is -0.0464. The molecule has 138 valence electrons. The van der Waals surface area contributed by atoms with Crippen molar-refractivity contribution in [3.05, 3.63) is 30.1 Å². The predicted octanol–water partition coefficient (Wildman–Crippen LogP) is 3.08. The van der Waals surface area contributed by atoms with Gasteiger partial charge in [0.15, 0.2) is 0 Å². The smallest absolute Gasteiger partial charge is 0.230 e. The second-order valence-electron chi connectivity index (χ2n) is 5.95. The molecule has 1 saturated heterocycles. The van der Waals surface area contributed by atoms with Crippen molar-refractivity contribution in [1.82, 2.24) is 4.90 Å². The molecule has 1 aliphatic heterocycles. The van der Waals surface area contributed by atoms with Gasteiger partial charge in [-0.25, -0.2) is 4.39 Å². The lowest BCUT2D eigenvalue weighted by Gasteiger charge is -2.41. The Morgan fingerprint density at radius 1 is 1.08 bits per heavy atom. The van der Waals surface area contributed by atoms with Crippen LogP contribution in [0.15, 0.2) is 24.3 Å². The van der Waals surface area contributed by atoms with E-state index < -0.39 is 5.41 Å². The number of anilines is 1. The summed E-state index contributed by atoms with van der Waals surface area (Å²) in [5.41, 5.74) is 6.46. The summed E-state index contributed by atoms with van der Waals surface area (Å²) in [4.78, 5) is 16.9. The molecule has 4 nitrogen and oxygen atoms in total. The monoisotopic (exact) mass is 379 g/mol. The van der Waals surface area contributed by atoms with Crippen LogP contribution in [0.25, 0.3) is 0 Å². The van der Waals surface area contributed by atoms with Gasteiger partial charge in [0.25, 0.3) is 0 Å². The van der Waals surface area contributed by atoms with Crippen LogP contribution in [-0.4, -0.2) is 43.5 Å². The Morgan fingerprint density at radius 3 is 2.00 bits per heavy atom. The van der Waals surface area contributed by atoms with E-state index >= 15 is 0 Å². The molecule has 24 heavy (non-hydrogen) atoms. The minimum absolute atomic E-state index is 0. The highest BCUT2D eigenvalue weighted by atomic mass is 35.5. The fourth-order valence-corrected chi connectivity index (χ4v) is 3.08. The van der Waals surface area contributed by atoms with Gasteiger partial charge in [-0.1, -0.05) is 13.8 Å². The number of halogens is 3. The van der Waals surface area contributed by atoms with Gasteiger partial charge in [-0.2, -0.15) is 0 Å². The first-order valence-electron chi connectivity index (χ1n) is 8.06. The van der Waals surface area contributed by atoms with Crippen LogP contribution in [0.1, 0.15) is 26.7 Å². The molecule has 0 spiro atoms. The maximum atomic E-state index is 13.0. The lowest BCUT2D eigenvalue weighted by molar-refractivity contribution is -0.142. The Labute approximate surface area is 156 Å². The number of rotatable bonds is 5. The second kappa shape index (κ2) is 10.1. The van der Waals surface area contributed by atoms with E-state index in [9.17, 15) is 9.18 Å². The van der Waals surface area contributed by atoms with Gasteiger partial charge in [0, 0.05) is 38.4 Å². The molecule has 0 bridgehead atoms. The van der Waals surface area contributed by atoms with Crippen LogP contribution in [0.2, 0.25) is 0 Å². The van der Waals surface area contributed by atoms with E-state index in [1.54, 1.807) is 12.1 Å². The summed E-state index contributed by atoms with van der Waals surface area (Å²) < 4.78 is 13.0. The number of nitrogens with zero attached hydrogens (tertiary/aromatic N) is 2. The van der Waals surface area contributed by atoms with E-state index in [1.165, 1.54) is 12.1 Å². The van der Waals surface area contributed by atoms with Crippen molar-refractivity contribution < 1.29 is 9.18 Å². The van der Waals surface area contributed by atoms with E-state index in [0.717, 1.165) is 31.6 Å². The molecule has 7 heteroatoms. The number of carbonyl (C=O) groups is 1. The molecular formula is C17H28Cl2FN3O. The fraction of sp³-hybridized carbons (Fsp3) is 0.588. The third-order valence-electron chi connectivity index (χ3n) is 4.96. The first-order chi connectivity index (χ1) is 10.6. The van der Waals surface area contributed by atoms with Crippen LogP contribution in [0, 0.1) is 11.2 Å². The zero-order valence-corrected chi connectivity index (χ0v) is 16.0. The molecule has 1 aromatic carbocycles. The Balaban J connectivity index is 0.00000264. The third kappa shape index (κ3) is 4.74. The highest BCUT2D eigenvalue weighted by Crippen LogP contribution is 2.28. The molecule has 1 aliphatic rings. The van der Waals surface area contributed by atoms with Gasteiger partial charge < -0.3 is 15.5 Å². The predicted molar refractivity (Wildman–Crippen MR) is 102 cm³/mol. The fourth-order valence-electron chi connectivity index (χ4n) is 3.08. The second-order valence-corrected chi connectivity index (χ2v) is 5.95. The maximum Gasteiger partial charge on any atom is 0.230 e. The Morgan fingerprint density at radius 2 is 1.58 bits per heavy atom. The van der Waals surface area contributed by atoms with Crippen LogP contribution >= 0.6 is 24.8 Å². The number of benzene rings is 1. The standard InChI is InChI=1S/C17H26FN3O.2ClH/c1-3-17(4-2,13-19)16(22)21-11-9-20(10-12-21)15-7-5-14(18)6-8-15;;/h5-8H,3-4,9-13,19H2,1-2H3;2*1H. The number of hydrogen-bond acceptors (Lipinski definition) is 3. The first kappa shape index (κ1) is 23.0. The quantitative estimate of drug-likeness (QED) is 0.854. The number of piperazine rings is 1. The summed E-state index contributed by atoms with van der Waals surface area (Å²) in [6, 6.07) is 6.52. The van der Waals surface area contributed by atoms with Crippen molar-refractivity contribution >= 4 is 36.4 Å². The Bertz CT molecular complexity index is 493. The summed E-state index contributed by atoms with van der Waals surface area (Å²) in [7, 11) is 0. The van der Waals surface area contributed by atoms with Crippen LogP contribution in [0.3, 0.4) is 0 Å². The molecule has 1 aromatic rings. The Hall–Kier alpha value is -1.04. The number of hydrogen-bond donors (Lipinski definition) is 1. The lowest BCUT2D eigenvalue weighted by atomic mass is 9.81. The molecule has 2 N–H and O–H groups in total. The van der Waals surface area contributed by atoms with Crippen molar-refractivity contribution in [2.24, 2.45) is 11.1 Å². The van der Waals surface area contributed by atoms with E-state index in [4.69, 9.17) is 5.73 Å². The SMILES string of the molecule is CCC(CC)(CN)C(=O)N1CCN(c2ccc(F)cc2)CC1.Cl.Cl. The Kier molecular flexibility index (Phi) is 9.63. The average Bonchev–Trinajstić information content (AvgIpc) is 2.58. The van der Waals surface area contributed by atoms with Crippen molar-refractivity contribution in [2.45, 2.75) is 26.7 Å². The van der Waals surface area contributed by atoms with Crippen LogP contribution in [0.4, 0.5) is 10.1 Å². The maximum absolute atomic E-state index is 13.0. The van der Waals surface area contributed by atoms with Gasteiger partial charge in [0.05, 0.1) is 5.41 Å². The average molecular weight is 380 g/mol. The van der Waals surface area contributed by atoms with Crippen molar-refractivity contribution in [1.29, 1.82) is 0 Å². The zero-order chi connectivity index (χ0) is 16.2. The van der Waals surface area contributed by atoms with Gasteiger partial charge in [-0.3, -0.25) is 4.79 Å². The molecule has 0 unspecified atom stereocenters. The van der Waals surface area contributed by atoms with Gasteiger partial charge in [0.2, 0.25) is 5.91 Å². The molecule has 0 saturated carbocycles. The van der Waals surface area contributed by atoms with Crippen LogP contribution in [-0.2, 0) is 4.79 Å². The number of amides is 1. The van der Waals surface area contributed by atoms with E-state index in [0.29, 0.717) is 19.6 Å². The van der Waals surface area contributed by atoms with Crippen molar-refractivity contribution in [3.8, 4) is 0 Å². The highest BCUT2D eigenvalue weighted by Gasteiger charge is 2.37. The molecule has 1 heterocycles. The minimum atomic E-state index is -0.419. The van der Waals surface area contributed by atoms with E-state index in [-0.39, 0.29) is 36.5 Å². The van der Waals surface area contributed by atoms with Crippen LogP contribution < -0.4 is 10.6 Å². The van der Waals surface area contributed by atoms with E-state index in [1.807, 2.05) is 18.7 Å². The molecule has 1 fully saturated rings. The largest absolute Gasteiger partial charge is 0.368 e. The van der Waals surface area contributed by atoms with Crippen molar-refractivity contribution in [3.63, 3.8) is 0 Å². The third-order valence-corrected chi connectivity index (χ3v) is 4.96. The molecule has 0 aromatic heterocycles. The van der Waals surface area contributed by atoms with Crippen molar-refractivity contribution in [2.75, 3.05) is 37.6 Å². The molecule has 2 rings (SSSR count). The molecule has 0 aliphatic carbocycles. The summed E-state index contributed by atoms with van der Waals surface area (Å²) in [6.45, 7) is 7.38. The number of carbonyl (C=O) groups excluding carboxylic acids is 1. The zero-order valence-electron chi connectivity index (χ0n) is 14.3. The van der Waals surface area contributed by atoms with Gasteiger partial charge in [-0.05, 0) is 37.1 Å². The molecule has 1 amide bonds. The van der Waals surface area contributed by atoms with Crippen LogP contribution in [0.5, 0.6) is 0 Å². The minimum Gasteiger partial charge on any atom is -0.368 e. The molecule has 0 radical (unpaired) electrons.